The van der Waals surface area contributed by atoms with E-state index < -0.39 is 0 Å². The highest BCUT2D eigenvalue weighted by Crippen LogP contribution is 2.23. The van der Waals surface area contributed by atoms with Gasteiger partial charge in [-0.15, -0.1) is 0 Å². The molecule has 0 spiro atoms. The van der Waals surface area contributed by atoms with Gasteiger partial charge in [-0.25, -0.2) is 0 Å². The van der Waals surface area contributed by atoms with Crippen molar-refractivity contribution in [3.8, 4) is 11.5 Å². The molecule has 1 aliphatic rings. The van der Waals surface area contributed by atoms with Crippen molar-refractivity contribution >= 4 is 6.21 Å². The fourth-order valence-corrected chi connectivity index (χ4v) is 2.97. The molecule has 0 radical (unpaired) electrons. The minimum absolute atomic E-state index is 0.0488. The number of hydrazone groups is 1. The van der Waals surface area contributed by atoms with Crippen molar-refractivity contribution in [1.29, 1.82) is 0 Å². The van der Waals surface area contributed by atoms with Gasteiger partial charge in [0.15, 0.2) is 0 Å². The van der Waals surface area contributed by atoms with Crippen LogP contribution in [0.3, 0.4) is 0 Å². The lowest BCUT2D eigenvalue weighted by molar-refractivity contribution is 0.192. The van der Waals surface area contributed by atoms with Crippen molar-refractivity contribution in [2.75, 3.05) is 13.1 Å². The van der Waals surface area contributed by atoms with Crippen LogP contribution in [0.15, 0.2) is 53.6 Å². The van der Waals surface area contributed by atoms with E-state index in [4.69, 9.17) is 0 Å². The number of hydrogen-bond acceptors (Lipinski definition) is 4. The molecule has 4 heteroatoms. The third-order valence-electron chi connectivity index (χ3n) is 4.33. The van der Waals surface area contributed by atoms with E-state index in [1.165, 1.54) is 11.6 Å². The third-order valence-corrected chi connectivity index (χ3v) is 4.33. The number of benzene rings is 2. The Morgan fingerprint density at radius 3 is 2.48 bits per heavy atom. The van der Waals surface area contributed by atoms with E-state index in [2.05, 4.69) is 35.4 Å². The number of hydrogen-bond donors (Lipinski definition) is 2. The minimum Gasteiger partial charge on any atom is -0.508 e. The largest absolute Gasteiger partial charge is 0.508 e. The Bertz CT molecular complexity index is 662. The van der Waals surface area contributed by atoms with E-state index in [-0.39, 0.29) is 11.5 Å². The minimum atomic E-state index is 0.0488. The predicted octanol–water partition coefficient (Wildman–Crippen LogP) is 3.39. The first-order chi connectivity index (χ1) is 11.2. The Balaban J connectivity index is 1.52. The van der Waals surface area contributed by atoms with E-state index in [0.717, 1.165) is 32.4 Å². The molecule has 0 unspecified atom stereocenters. The summed E-state index contributed by atoms with van der Waals surface area (Å²) in [7, 11) is 0. The van der Waals surface area contributed by atoms with Crippen LogP contribution in [-0.4, -0.2) is 34.5 Å². The average molecular weight is 310 g/mol. The van der Waals surface area contributed by atoms with Crippen molar-refractivity contribution in [3.05, 3.63) is 59.7 Å². The lowest BCUT2D eigenvalue weighted by Gasteiger charge is -2.30. The molecule has 1 aliphatic heterocycles. The van der Waals surface area contributed by atoms with Gasteiger partial charge in [0, 0.05) is 24.7 Å². The quantitative estimate of drug-likeness (QED) is 0.851. The summed E-state index contributed by atoms with van der Waals surface area (Å²) in [5.41, 5.74) is 2.03. The Morgan fingerprint density at radius 1 is 1.04 bits per heavy atom. The van der Waals surface area contributed by atoms with Crippen LogP contribution in [0.4, 0.5) is 0 Å². The molecule has 3 rings (SSSR count). The van der Waals surface area contributed by atoms with Crippen LogP contribution in [-0.2, 0) is 6.42 Å². The van der Waals surface area contributed by atoms with Gasteiger partial charge in [0.2, 0.25) is 0 Å². The van der Waals surface area contributed by atoms with E-state index in [9.17, 15) is 10.2 Å². The molecule has 0 bridgehead atoms. The van der Waals surface area contributed by atoms with Crippen LogP contribution in [0.5, 0.6) is 11.5 Å². The van der Waals surface area contributed by atoms with Gasteiger partial charge in [0.25, 0.3) is 0 Å². The highest BCUT2D eigenvalue weighted by Gasteiger charge is 2.18. The summed E-state index contributed by atoms with van der Waals surface area (Å²) in [5, 5.41) is 25.5. The molecular weight excluding hydrogens is 288 g/mol. The van der Waals surface area contributed by atoms with Gasteiger partial charge in [-0.05, 0) is 42.9 Å². The summed E-state index contributed by atoms with van der Waals surface area (Å²) < 4.78 is 0. The van der Waals surface area contributed by atoms with E-state index >= 15 is 0 Å². The molecule has 120 valence electrons. The Morgan fingerprint density at radius 2 is 1.78 bits per heavy atom. The van der Waals surface area contributed by atoms with E-state index in [1.54, 1.807) is 18.3 Å². The Hall–Kier alpha value is -2.49. The van der Waals surface area contributed by atoms with Gasteiger partial charge >= 0.3 is 0 Å². The van der Waals surface area contributed by atoms with Gasteiger partial charge in [0.1, 0.15) is 11.5 Å². The molecule has 2 aromatic carbocycles. The second-order valence-corrected chi connectivity index (χ2v) is 6.07. The molecule has 0 aliphatic carbocycles. The number of phenols is 2. The van der Waals surface area contributed by atoms with Crippen molar-refractivity contribution in [1.82, 2.24) is 5.01 Å². The number of aromatic hydroxyl groups is 2. The van der Waals surface area contributed by atoms with E-state index in [0.29, 0.717) is 11.5 Å². The predicted molar refractivity (Wildman–Crippen MR) is 91.8 cm³/mol. The molecule has 0 aromatic heterocycles. The van der Waals surface area contributed by atoms with Crippen molar-refractivity contribution in [3.63, 3.8) is 0 Å². The van der Waals surface area contributed by atoms with Crippen LogP contribution in [0.1, 0.15) is 24.0 Å². The van der Waals surface area contributed by atoms with Crippen LogP contribution in [0, 0.1) is 5.92 Å². The molecule has 0 saturated carbocycles. The molecule has 2 N–H and O–H groups in total. The SMILES string of the molecule is Oc1ccc(/C=N/N2CCC(Cc3ccccc3)CC2)c(O)c1. The van der Waals surface area contributed by atoms with Gasteiger partial charge in [-0.1, -0.05) is 30.3 Å². The summed E-state index contributed by atoms with van der Waals surface area (Å²) in [6.07, 6.45) is 5.06. The smallest absolute Gasteiger partial charge is 0.128 e. The molecule has 1 heterocycles. The van der Waals surface area contributed by atoms with Crippen molar-refractivity contribution in [2.45, 2.75) is 19.3 Å². The number of nitrogens with zero attached hydrogens (tertiary/aromatic N) is 2. The third kappa shape index (κ3) is 4.25. The maximum Gasteiger partial charge on any atom is 0.128 e. The summed E-state index contributed by atoms with van der Waals surface area (Å²) in [4.78, 5) is 0. The zero-order chi connectivity index (χ0) is 16.1. The molecule has 0 amide bonds. The first-order valence-corrected chi connectivity index (χ1v) is 8.05. The monoisotopic (exact) mass is 310 g/mol. The number of piperidine rings is 1. The summed E-state index contributed by atoms with van der Waals surface area (Å²) in [5.74, 6) is 0.819. The fraction of sp³-hybridized carbons (Fsp3) is 0.316. The average Bonchev–Trinajstić information content (AvgIpc) is 2.56. The maximum atomic E-state index is 9.76. The lowest BCUT2D eigenvalue weighted by Crippen LogP contribution is -2.30. The number of phenolic OH excluding ortho intramolecular Hbond substituents is 2. The Kier molecular flexibility index (Phi) is 4.81. The second-order valence-electron chi connectivity index (χ2n) is 6.07. The molecule has 2 aromatic rings. The van der Waals surface area contributed by atoms with Gasteiger partial charge in [0.05, 0.1) is 6.21 Å². The van der Waals surface area contributed by atoms with Gasteiger partial charge in [-0.2, -0.15) is 5.10 Å². The zero-order valence-corrected chi connectivity index (χ0v) is 13.1. The highest BCUT2D eigenvalue weighted by molar-refractivity contribution is 5.83. The normalized spacial score (nSPS) is 16.1. The zero-order valence-electron chi connectivity index (χ0n) is 13.1. The number of rotatable bonds is 4. The van der Waals surface area contributed by atoms with Crippen molar-refractivity contribution in [2.24, 2.45) is 11.0 Å². The second kappa shape index (κ2) is 7.18. The van der Waals surface area contributed by atoms with Crippen LogP contribution in [0.2, 0.25) is 0 Å². The Labute approximate surface area is 136 Å². The topological polar surface area (TPSA) is 56.1 Å². The molecule has 1 fully saturated rings. The van der Waals surface area contributed by atoms with E-state index in [1.807, 2.05) is 5.01 Å². The lowest BCUT2D eigenvalue weighted by atomic mass is 9.91. The molecule has 0 atom stereocenters. The first-order valence-electron chi connectivity index (χ1n) is 8.05. The fourth-order valence-electron chi connectivity index (χ4n) is 2.97. The van der Waals surface area contributed by atoms with Crippen LogP contribution in [0.25, 0.3) is 0 Å². The first kappa shape index (κ1) is 15.4. The summed E-state index contributed by atoms with van der Waals surface area (Å²) in [6.45, 7) is 1.87. The molecule has 4 nitrogen and oxygen atoms in total. The van der Waals surface area contributed by atoms with Gasteiger partial charge < -0.3 is 10.2 Å². The molecular formula is C19H22N2O2. The van der Waals surface area contributed by atoms with Crippen molar-refractivity contribution < 1.29 is 10.2 Å². The molecule has 23 heavy (non-hydrogen) atoms. The van der Waals surface area contributed by atoms with Crippen LogP contribution < -0.4 is 0 Å². The summed E-state index contributed by atoms with van der Waals surface area (Å²) >= 11 is 0. The summed E-state index contributed by atoms with van der Waals surface area (Å²) in [6, 6.07) is 15.2. The molecule has 1 saturated heterocycles. The highest BCUT2D eigenvalue weighted by atomic mass is 16.3. The van der Waals surface area contributed by atoms with Gasteiger partial charge in [-0.3, -0.25) is 5.01 Å². The standard InChI is InChI=1S/C19H22N2O2/c22-18-7-6-17(19(23)13-18)14-20-21-10-8-16(9-11-21)12-15-4-2-1-3-5-15/h1-7,13-14,16,22-23H,8-12H2/b20-14+. The maximum absolute atomic E-state index is 9.76. The van der Waals surface area contributed by atoms with Crippen LogP contribution >= 0.6 is 0 Å².